The molecule has 3 nitrogen and oxygen atoms in total. The third-order valence-electron chi connectivity index (χ3n) is 3.22. The summed E-state index contributed by atoms with van der Waals surface area (Å²) < 4.78 is 1.87. The molecule has 3 heteroatoms. The highest BCUT2D eigenvalue weighted by Gasteiger charge is 1.99. The summed E-state index contributed by atoms with van der Waals surface area (Å²) in [6, 6.07) is 10.4. The lowest BCUT2D eigenvalue weighted by molar-refractivity contribution is 0.500. The van der Waals surface area contributed by atoms with E-state index in [0.717, 1.165) is 24.7 Å². The molecular formula is C15H21N3. The fourth-order valence-electron chi connectivity index (χ4n) is 1.80. The van der Waals surface area contributed by atoms with E-state index in [0.29, 0.717) is 0 Å². The van der Waals surface area contributed by atoms with Crippen molar-refractivity contribution in [3.05, 3.63) is 48.3 Å². The smallest absolute Gasteiger partial charge is 0.0645 e. The van der Waals surface area contributed by atoms with Gasteiger partial charge in [-0.25, -0.2) is 4.68 Å². The third-order valence-corrected chi connectivity index (χ3v) is 3.22. The Morgan fingerprint density at radius 2 is 2.06 bits per heavy atom. The van der Waals surface area contributed by atoms with Crippen molar-refractivity contribution < 1.29 is 0 Å². The largest absolute Gasteiger partial charge is 0.312 e. The van der Waals surface area contributed by atoms with E-state index in [2.05, 4.69) is 48.5 Å². The van der Waals surface area contributed by atoms with Gasteiger partial charge in [0, 0.05) is 18.9 Å². The number of aromatic nitrogens is 2. The topological polar surface area (TPSA) is 29.9 Å². The van der Waals surface area contributed by atoms with Crippen LogP contribution in [0.25, 0.3) is 5.69 Å². The molecule has 1 atom stereocenters. The molecule has 1 N–H and O–H groups in total. The van der Waals surface area contributed by atoms with Gasteiger partial charge in [-0.3, -0.25) is 0 Å². The molecule has 96 valence electrons. The van der Waals surface area contributed by atoms with Crippen LogP contribution in [-0.2, 0) is 6.54 Å². The highest BCUT2D eigenvalue weighted by atomic mass is 15.3. The number of rotatable bonds is 6. The number of hydrogen-bond acceptors (Lipinski definition) is 2. The molecule has 0 aliphatic carbocycles. The summed E-state index contributed by atoms with van der Waals surface area (Å²) in [5.74, 6) is 0.744. The zero-order valence-corrected chi connectivity index (χ0v) is 11.1. The maximum atomic E-state index is 4.21. The number of nitrogens with one attached hydrogen (secondary N) is 1. The zero-order valence-electron chi connectivity index (χ0n) is 11.1. The van der Waals surface area contributed by atoms with E-state index in [1.807, 2.05) is 16.9 Å². The summed E-state index contributed by atoms with van der Waals surface area (Å²) in [5, 5.41) is 7.70. The van der Waals surface area contributed by atoms with Gasteiger partial charge in [-0.2, -0.15) is 5.10 Å². The molecule has 0 bridgehead atoms. The molecule has 0 amide bonds. The van der Waals surface area contributed by atoms with Gasteiger partial charge in [0.1, 0.15) is 0 Å². The van der Waals surface area contributed by atoms with Gasteiger partial charge >= 0.3 is 0 Å². The van der Waals surface area contributed by atoms with Gasteiger partial charge in [0.2, 0.25) is 0 Å². The molecule has 0 fully saturated rings. The summed E-state index contributed by atoms with van der Waals surface area (Å²) >= 11 is 0. The van der Waals surface area contributed by atoms with Gasteiger partial charge in [-0.05, 0) is 36.2 Å². The van der Waals surface area contributed by atoms with Crippen LogP contribution in [0.2, 0.25) is 0 Å². The molecule has 2 rings (SSSR count). The van der Waals surface area contributed by atoms with Crippen LogP contribution >= 0.6 is 0 Å². The average molecular weight is 243 g/mol. The highest BCUT2D eigenvalue weighted by Crippen LogP contribution is 2.08. The summed E-state index contributed by atoms with van der Waals surface area (Å²) in [5.41, 5.74) is 2.42. The van der Waals surface area contributed by atoms with Crippen molar-refractivity contribution in [2.24, 2.45) is 5.92 Å². The van der Waals surface area contributed by atoms with Crippen molar-refractivity contribution in [1.82, 2.24) is 15.1 Å². The van der Waals surface area contributed by atoms with Gasteiger partial charge in [-0.15, -0.1) is 0 Å². The van der Waals surface area contributed by atoms with Crippen LogP contribution in [0.1, 0.15) is 25.8 Å². The van der Waals surface area contributed by atoms with Crippen LogP contribution in [0.15, 0.2) is 42.7 Å². The molecule has 1 heterocycles. The van der Waals surface area contributed by atoms with E-state index >= 15 is 0 Å². The Morgan fingerprint density at radius 3 is 2.67 bits per heavy atom. The Morgan fingerprint density at radius 1 is 1.28 bits per heavy atom. The number of hydrogen-bond donors (Lipinski definition) is 1. The van der Waals surface area contributed by atoms with E-state index < -0.39 is 0 Å². The van der Waals surface area contributed by atoms with E-state index in [1.165, 1.54) is 12.0 Å². The molecule has 1 unspecified atom stereocenters. The Kier molecular flexibility index (Phi) is 4.53. The van der Waals surface area contributed by atoms with Gasteiger partial charge in [0.25, 0.3) is 0 Å². The second-order valence-corrected chi connectivity index (χ2v) is 4.76. The maximum absolute atomic E-state index is 4.21. The number of benzene rings is 1. The second kappa shape index (κ2) is 6.36. The molecule has 0 saturated carbocycles. The molecule has 1 aromatic carbocycles. The molecule has 1 aromatic heterocycles. The molecule has 0 aliphatic rings. The second-order valence-electron chi connectivity index (χ2n) is 4.76. The third kappa shape index (κ3) is 3.44. The van der Waals surface area contributed by atoms with Crippen molar-refractivity contribution in [2.45, 2.75) is 26.8 Å². The number of nitrogens with zero attached hydrogens (tertiary/aromatic N) is 2. The standard InChI is InChI=1S/C15H21N3/c1-3-13(2)11-16-12-14-5-7-15(8-6-14)18-10-4-9-17-18/h4-10,13,16H,3,11-12H2,1-2H3. The normalized spacial score (nSPS) is 12.6. The van der Waals surface area contributed by atoms with Gasteiger partial charge in [0.15, 0.2) is 0 Å². The highest BCUT2D eigenvalue weighted by molar-refractivity contribution is 5.33. The van der Waals surface area contributed by atoms with Crippen LogP contribution in [-0.4, -0.2) is 16.3 Å². The maximum Gasteiger partial charge on any atom is 0.0645 e. The lowest BCUT2D eigenvalue weighted by Gasteiger charge is -2.10. The Labute approximate surface area is 109 Å². The molecular weight excluding hydrogens is 222 g/mol. The summed E-state index contributed by atoms with van der Waals surface area (Å²) in [6.07, 6.45) is 4.98. The predicted molar refractivity (Wildman–Crippen MR) is 74.7 cm³/mol. The Balaban J connectivity index is 1.88. The minimum Gasteiger partial charge on any atom is -0.312 e. The minimum atomic E-state index is 0.744. The van der Waals surface area contributed by atoms with E-state index in [4.69, 9.17) is 0 Å². The molecule has 0 spiro atoms. The van der Waals surface area contributed by atoms with E-state index in [-0.39, 0.29) is 0 Å². The van der Waals surface area contributed by atoms with Crippen molar-refractivity contribution in [3.63, 3.8) is 0 Å². The average Bonchev–Trinajstić information content (AvgIpc) is 2.93. The van der Waals surface area contributed by atoms with Crippen LogP contribution in [0, 0.1) is 5.92 Å². The SMILES string of the molecule is CCC(C)CNCc1ccc(-n2cccn2)cc1. The predicted octanol–water partition coefficient (Wildman–Crippen LogP) is 3.01. The van der Waals surface area contributed by atoms with Crippen LogP contribution in [0.4, 0.5) is 0 Å². The van der Waals surface area contributed by atoms with Gasteiger partial charge in [0.05, 0.1) is 5.69 Å². The summed E-state index contributed by atoms with van der Waals surface area (Å²) in [4.78, 5) is 0. The molecule has 0 radical (unpaired) electrons. The summed E-state index contributed by atoms with van der Waals surface area (Å²) in [6.45, 7) is 6.51. The first kappa shape index (κ1) is 12.8. The Hall–Kier alpha value is -1.61. The quantitative estimate of drug-likeness (QED) is 0.845. The molecule has 0 aliphatic heterocycles. The van der Waals surface area contributed by atoms with Crippen molar-refractivity contribution in [1.29, 1.82) is 0 Å². The minimum absolute atomic E-state index is 0.744. The van der Waals surface area contributed by atoms with E-state index in [1.54, 1.807) is 6.20 Å². The van der Waals surface area contributed by atoms with Crippen LogP contribution < -0.4 is 5.32 Å². The molecule has 2 aromatic rings. The lowest BCUT2D eigenvalue weighted by atomic mass is 10.1. The lowest BCUT2D eigenvalue weighted by Crippen LogP contribution is -2.20. The first-order valence-corrected chi connectivity index (χ1v) is 6.59. The van der Waals surface area contributed by atoms with Crippen molar-refractivity contribution in [3.8, 4) is 5.69 Å². The zero-order chi connectivity index (χ0) is 12.8. The first-order valence-electron chi connectivity index (χ1n) is 6.59. The van der Waals surface area contributed by atoms with Crippen LogP contribution in [0.5, 0.6) is 0 Å². The van der Waals surface area contributed by atoms with Crippen molar-refractivity contribution in [2.75, 3.05) is 6.54 Å². The first-order chi connectivity index (χ1) is 8.79. The molecule has 0 saturated heterocycles. The fourth-order valence-corrected chi connectivity index (χ4v) is 1.80. The summed E-state index contributed by atoms with van der Waals surface area (Å²) in [7, 11) is 0. The van der Waals surface area contributed by atoms with Gasteiger partial charge < -0.3 is 5.32 Å². The monoisotopic (exact) mass is 243 g/mol. The molecule has 18 heavy (non-hydrogen) atoms. The van der Waals surface area contributed by atoms with Crippen LogP contribution in [0.3, 0.4) is 0 Å². The Bertz CT molecular complexity index is 445. The van der Waals surface area contributed by atoms with E-state index in [9.17, 15) is 0 Å². The van der Waals surface area contributed by atoms with Crippen molar-refractivity contribution >= 4 is 0 Å². The van der Waals surface area contributed by atoms with Gasteiger partial charge in [-0.1, -0.05) is 32.4 Å². The fraction of sp³-hybridized carbons (Fsp3) is 0.400.